The number of aromatic nitrogens is 1. The summed E-state index contributed by atoms with van der Waals surface area (Å²) in [7, 11) is 1.76. The molecule has 1 aromatic heterocycles. The molecule has 0 amide bonds. The Morgan fingerprint density at radius 3 is 2.79 bits per heavy atom. The standard InChI is InChI=1S/C20H25N5O3/c1-21-20(23-12-15-4-5-17-18(11-15)28-14-27-17)24-13-16-3-2-6-22-19(16)25-7-9-26-10-8-25/h2-6,11H,7-10,12-14H2,1H3,(H2,21,23,24). The van der Waals surface area contributed by atoms with Crippen LogP contribution in [0.2, 0.25) is 0 Å². The van der Waals surface area contributed by atoms with Crippen LogP contribution in [-0.2, 0) is 17.8 Å². The molecule has 2 N–H and O–H groups in total. The van der Waals surface area contributed by atoms with Crippen molar-refractivity contribution in [3.05, 3.63) is 47.7 Å². The number of hydrogen-bond acceptors (Lipinski definition) is 6. The number of anilines is 1. The van der Waals surface area contributed by atoms with Gasteiger partial charge in [-0.1, -0.05) is 12.1 Å². The average molecular weight is 383 g/mol. The van der Waals surface area contributed by atoms with Crippen molar-refractivity contribution in [3.8, 4) is 11.5 Å². The van der Waals surface area contributed by atoms with E-state index in [1.807, 2.05) is 30.5 Å². The summed E-state index contributed by atoms with van der Waals surface area (Å²) in [5.41, 5.74) is 2.23. The van der Waals surface area contributed by atoms with E-state index in [1.54, 1.807) is 7.05 Å². The van der Waals surface area contributed by atoms with Crippen molar-refractivity contribution >= 4 is 11.8 Å². The Kier molecular flexibility index (Phi) is 5.77. The number of hydrogen-bond donors (Lipinski definition) is 2. The molecule has 0 aliphatic carbocycles. The number of nitrogens with one attached hydrogen (secondary N) is 2. The molecule has 2 aliphatic rings. The summed E-state index contributed by atoms with van der Waals surface area (Å²) >= 11 is 0. The highest BCUT2D eigenvalue weighted by Gasteiger charge is 2.16. The fourth-order valence-electron chi connectivity index (χ4n) is 3.26. The maximum Gasteiger partial charge on any atom is 0.231 e. The Balaban J connectivity index is 1.34. The number of benzene rings is 1. The van der Waals surface area contributed by atoms with E-state index in [4.69, 9.17) is 14.2 Å². The Morgan fingerprint density at radius 1 is 1.11 bits per heavy atom. The second kappa shape index (κ2) is 8.79. The topological polar surface area (TPSA) is 80.2 Å². The predicted octanol–water partition coefficient (Wildman–Crippen LogP) is 1.51. The summed E-state index contributed by atoms with van der Waals surface area (Å²) in [6, 6.07) is 9.99. The molecule has 0 unspecified atom stereocenters. The van der Waals surface area contributed by atoms with Crippen LogP contribution >= 0.6 is 0 Å². The number of fused-ring (bicyclic) bond motifs is 1. The van der Waals surface area contributed by atoms with Crippen molar-refractivity contribution in [3.63, 3.8) is 0 Å². The Labute approximate surface area is 164 Å². The first kappa shape index (κ1) is 18.4. The van der Waals surface area contributed by atoms with Gasteiger partial charge >= 0.3 is 0 Å². The van der Waals surface area contributed by atoms with Crippen LogP contribution in [-0.4, -0.2) is 51.1 Å². The smallest absolute Gasteiger partial charge is 0.231 e. The highest BCUT2D eigenvalue weighted by atomic mass is 16.7. The summed E-state index contributed by atoms with van der Waals surface area (Å²) in [5, 5.41) is 6.71. The van der Waals surface area contributed by atoms with Crippen molar-refractivity contribution in [1.82, 2.24) is 15.6 Å². The fraction of sp³-hybridized carbons (Fsp3) is 0.400. The first-order valence-corrected chi connectivity index (χ1v) is 9.43. The molecule has 0 atom stereocenters. The third-order valence-electron chi connectivity index (χ3n) is 4.74. The lowest BCUT2D eigenvalue weighted by Crippen LogP contribution is -2.39. The molecule has 2 aliphatic heterocycles. The van der Waals surface area contributed by atoms with Crippen LogP contribution in [0.15, 0.2) is 41.5 Å². The van der Waals surface area contributed by atoms with Crippen LogP contribution in [0.3, 0.4) is 0 Å². The number of nitrogens with zero attached hydrogens (tertiary/aromatic N) is 3. The van der Waals surface area contributed by atoms with Gasteiger partial charge in [-0.3, -0.25) is 4.99 Å². The molecule has 1 fully saturated rings. The average Bonchev–Trinajstić information content (AvgIpc) is 3.23. The number of morpholine rings is 1. The minimum atomic E-state index is 0.284. The van der Waals surface area contributed by atoms with E-state index in [1.165, 1.54) is 0 Å². The summed E-state index contributed by atoms with van der Waals surface area (Å²) in [6.45, 7) is 4.76. The summed E-state index contributed by atoms with van der Waals surface area (Å²) < 4.78 is 16.2. The molecule has 148 valence electrons. The summed E-state index contributed by atoms with van der Waals surface area (Å²) in [5.74, 6) is 3.31. The normalized spacial score (nSPS) is 16.2. The molecular formula is C20H25N5O3. The zero-order chi connectivity index (χ0) is 19.2. The van der Waals surface area contributed by atoms with Gasteiger partial charge in [0.15, 0.2) is 17.5 Å². The Hall–Kier alpha value is -3.00. The van der Waals surface area contributed by atoms with Gasteiger partial charge in [0, 0.05) is 45.0 Å². The molecule has 4 rings (SSSR count). The van der Waals surface area contributed by atoms with E-state index < -0.39 is 0 Å². The van der Waals surface area contributed by atoms with E-state index in [0.29, 0.717) is 13.1 Å². The van der Waals surface area contributed by atoms with Crippen LogP contribution in [0, 0.1) is 0 Å². The molecule has 0 saturated carbocycles. The Bertz CT molecular complexity index is 836. The maximum atomic E-state index is 5.45. The van der Waals surface area contributed by atoms with Gasteiger partial charge in [-0.15, -0.1) is 0 Å². The van der Waals surface area contributed by atoms with E-state index in [-0.39, 0.29) is 6.79 Å². The van der Waals surface area contributed by atoms with Gasteiger partial charge in [0.25, 0.3) is 0 Å². The van der Waals surface area contributed by atoms with Gasteiger partial charge < -0.3 is 29.7 Å². The zero-order valence-corrected chi connectivity index (χ0v) is 16.0. The van der Waals surface area contributed by atoms with Crippen molar-refractivity contribution in [1.29, 1.82) is 0 Å². The Morgan fingerprint density at radius 2 is 1.93 bits per heavy atom. The van der Waals surface area contributed by atoms with Gasteiger partial charge in [-0.2, -0.15) is 0 Å². The van der Waals surface area contributed by atoms with Crippen molar-refractivity contribution < 1.29 is 14.2 Å². The van der Waals surface area contributed by atoms with Crippen LogP contribution in [0.1, 0.15) is 11.1 Å². The fourth-order valence-corrected chi connectivity index (χ4v) is 3.26. The minimum absolute atomic E-state index is 0.284. The lowest BCUT2D eigenvalue weighted by molar-refractivity contribution is 0.122. The third-order valence-corrected chi connectivity index (χ3v) is 4.74. The van der Waals surface area contributed by atoms with E-state index in [9.17, 15) is 0 Å². The molecule has 0 spiro atoms. The lowest BCUT2D eigenvalue weighted by Gasteiger charge is -2.29. The number of ether oxygens (including phenoxy) is 3. The SMILES string of the molecule is CN=C(NCc1ccc2c(c1)OCO2)NCc1cccnc1N1CCOCC1. The first-order valence-electron chi connectivity index (χ1n) is 9.43. The van der Waals surface area contributed by atoms with Gasteiger partial charge in [0.2, 0.25) is 6.79 Å². The molecule has 0 radical (unpaired) electrons. The molecule has 3 heterocycles. The molecule has 8 nitrogen and oxygen atoms in total. The van der Waals surface area contributed by atoms with Crippen LogP contribution in [0.5, 0.6) is 11.5 Å². The predicted molar refractivity (Wildman–Crippen MR) is 107 cm³/mol. The number of guanidine groups is 1. The largest absolute Gasteiger partial charge is 0.454 e. The van der Waals surface area contributed by atoms with Gasteiger partial charge in [0.05, 0.1) is 13.2 Å². The van der Waals surface area contributed by atoms with Gasteiger partial charge in [-0.25, -0.2) is 4.98 Å². The first-order chi connectivity index (χ1) is 13.8. The number of rotatable bonds is 5. The third kappa shape index (κ3) is 4.28. The molecule has 28 heavy (non-hydrogen) atoms. The zero-order valence-electron chi connectivity index (χ0n) is 16.0. The molecule has 0 bridgehead atoms. The van der Waals surface area contributed by atoms with Gasteiger partial charge in [0.1, 0.15) is 5.82 Å². The monoisotopic (exact) mass is 383 g/mol. The second-order valence-electron chi connectivity index (χ2n) is 6.55. The minimum Gasteiger partial charge on any atom is -0.454 e. The van der Waals surface area contributed by atoms with E-state index in [2.05, 4.69) is 31.6 Å². The quantitative estimate of drug-likeness (QED) is 0.598. The second-order valence-corrected chi connectivity index (χ2v) is 6.55. The molecular weight excluding hydrogens is 358 g/mol. The summed E-state index contributed by atoms with van der Waals surface area (Å²) in [6.07, 6.45) is 1.83. The van der Waals surface area contributed by atoms with Crippen molar-refractivity contribution in [2.75, 3.05) is 45.0 Å². The summed E-state index contributed by atoms with van der Waals surface area (Å²) in [4.78, 5) is 11.2. The van der Waals surface area contributed by atoms with E-state index in [0.717, 1.165) is 60.7 Å². The molecule has 1 saturated heterocycles. The highest BCUT2D eigenvalue weighted by molar-refractivity contribution is 5.79. The van der Waals surface area contributed by atoms with Crippen molar-refractivity contribution in [2.24, 2.45) is 4.99 Å². The molecule has 1 aromatic carbocycles. The van der Waals surface area contributed by atoms with Crippen LogP contribution in [0.4, 0.5) is 5.82 Å². The number of aliphatic imine (C=N–C) groups is 1. The maximum absolute atomic E-state index is 5.45. The molecule has 2 aromatic rings. The van der Waals surface area contributed by atoms with Crippen molar-refractivity contribution in [2.45, 2.75) is 13.1 Å². The molecule has 8 heteroatoms. The lowest BCUT2D eigenvalue weighted by atomic mass is 10.2. The number of pyridine rings is 1. The van der Waals surface area contributed by atoms with Crippen LogP contribution in [0.25, 0.3) is 0 Å². The van der Waals surface area contributed by atoms with Gasteiger partial charge in [-0.05, 0) is 23.8 Å². The highest BCUT2D eigenvalue weighted by Crippen LogP contribution is 2.32. The van der Waals surface area contributed by atoms with Crippen LogP contribution < -0.4 is 25.0 Å². The van der Waals surface area contributed by atoms with E-state index >= 15 is 0 Å².